The lowest BCUT2D eigenvalue weighted by atomic mass is 9.95. The average molecular weight is 414 g/mol. The molecule has 0 saturated heterocycles. The van der Waals surface area contributed by atoms with Crippen LogP contribution in [-0.4, -0.2) is 35.6 Å². The van der Waals surface area contributed by atoms with Gasteiger partial charge in [0.2, 0.25) is 0 Å². The molecule has 3 heterocycles. The first-order valence-corrected chi connectivity index (χ1v) is 10.9. The molecule has 31 heavy (non-hydrogen) atoms. The van der Waals surface area contributed by atoms with E-state index in [1.54, 1.807) is 0 Å². The number of aromatic nitrogens is 6. The molecule has 0 atom stereocenters. The van der Waals surface area contributed by atoms with E-state index >= 15 is 0 Å². The molecule has 7 heteroatoms. The van der Waals surface area contributed by atoms with Crippen LogP contribution in [0.15, 0.2) is 55.2 Å². The zero-order chi connectivity index (χ0) is 21.2. The van der Waals surface area contributed by atoms with Crippen molar-refractivity contribution >= 4 is 5.82 Å². The molecule has 3 aromatic heterocycles. The van der Waals surface area contributed by atoms with Crippen LogP contribution < -0.4 is 5.32 Å². The molecular formula is C24H27N7. The Kier molecular flexibility index (Phi) is 5.24. The smallest absolute Gasteiger partial charge is 0.161 e. The van der Waals surface area contributed by atoms with Crippen molar-refractivity contribution in [1.82, 2.24) is 29.5 Å². The van der Waals surface area contributed by atoms with Gasteiger partial charge in [0, 0.05) is 61.0 Å². The van der Waals surface area contributed by atoms with Gasteiger partial charge in [-0.15, -0.1) is 0 Å². The zero-order valence-electron chi connectivity index (χ0n) is 18.0. The summed E-state index contributed by atoms with van der Waals surface area (Å²) >= 11 is 0. The van der Waals surface area contributed by atoms with E-state index in [-0.39, 0.29) is 0 Å². The highest BCUT2D eigenvalue weighted by atomic mass is 15.2. The second-order valence-corrected chi connectivity index (χ2v) is 8.32. The van der Waals surface area contributed by atoms with Gasteiger partial charge in [0.15, 0.2) is 5.82 Å². The first-order valence-electron chi connectivity index (χ1n) is 10.9. The van der Waals surface area contributed by atoms with E-state index in [0.717, 1.165) is 39.5 Å². The van der Waals surface area contributed by atoms with Crippen molar-refractivity contribution in [3.05, 3.63) is 55.2 Å². The lowest BCUT2D eigenvalue weighted by Gasteiger charge is -2.24. The van der Waals surface area contributed by atoms with E-state index in [1.165, 1.54) is 32.1 Å². The van der Waals surface area contributed by atoms with Crippen LogP contribution in [-0.2, 0) is 14.1 Å². The summed E-state index contributed by atoms with van der Waals surface area (Å²) in [6, 6.07) is 8.77. The van der Waals surface area contributed by atoms with Crippen LogP contribution in [0, 0.1) is 0 Å². The molecule has 158 valence electrons. The summed E-state index contributed by atoms with van der Waals surface area (Å²) in [6.07, 6.45) is 15.9. The maximum absolute atomic E-state index is 4.98. The van der Waals surface area contributed by atoms with Gasteiger partial charge in [-0.3, -0.25) is 9.36 Å². The number of benzene rings is 1. The molecule has 0 amide bonds. The Bertz CT molecular complexity index is 1180. The summed E-state index contributed by atoms with van der Waals surface area (Å²) in [5.74, 6) is 1.60. The lowest BCUT2D eigenvalue weighted by molar-refractivity contribution is 0.462. The van der Waals surface area contributed by atoms with Gasteiger partial charge in [-0.05, 0) is 24.5 Å². The average Bonchev–Trinajstić information content (AvgIpc) is 3.43. The van der Waals surface area contributed by atoms with Crippen molar-refractivity contribution in [3.8, 4) is 33.6 Å². The number of hydrogen-bond acceptors (Lipinski definition) is 5. The van der Waals surface area contributed by atoms with Crippen LogP contribution >= 0.6 is 0 Å². The number of rotatable bonds is 5. The minimum atomic E-state index is 0.452. The first kappa shape index (κ1) is 19.5. The normalized spacial score (nSPS) is 14.6. The molecule has 0 aliphatic heterocycles. The van der Waals surface area contributed by atoms with Crippen LogP contribution in [0.5, 0.6) is 0 Å². The molecule has 0 spiro atoms. The number of aryl methyl sites for hydroxylation is 2. The van der Waals surface area contributed by atoms with Crippen LogP contribution in [0.3, 0.4) is 0 Å². The molecule has 1 fully saturated rings. The van der Waals surface area contributed by atoms with Crippen LogP contribution in [0.25, 0.3) is 33.6 Å². The molecule has 7 nitrogen and oxygen atoms in total. The second kappa shape index (κ2) is 8.34. The Morgan fingerprint density at radius 3 is 2.26 bits per heavy atom. The Labute approximate surface area is 182 Å². The van der Waals surface area contributed by atoms with E-state index in [9.17, 15) is 0 Å². The van der Waals surface area contributed by atoms with Gasteiger partial charge in [0.25, 0.3) is 0 Å². The molecule has 0 bridgehead atoms. The summed E-state index contributed by atoms with van der Waals surface area (Å²) in [6.45, 7) is 0. The molecule has 1 aliphatic rings. The molecule has 0 unspecified atom stereocenters. The SMILES string of the molecule is Cn1cc(-c2cccc(-c3ncc(-c4cnn(C)c4)c(NC4CCCCC4)n3)c2)cn1. The van der Waals surface area contributed by atoms with E-state index in [0.29, 0.717) is 6.04 Å². The van der Waals surface area contributed by atoms with Gasteiger partial charge in [0.05, 0.1) is 12.4 Å². The Hall–Kier alpha value is -3.48. The quantitative estimate of drug-likeness (QED) is 0.514. The topological polar surface area (TPSA) is 73.5 Å². The second-order valence-electron chi connectivity index (χ2n) is 8.32. The van der Waals surface area contributed by atoms with Crippen molar-refractivity contribution in [2.45, 2.75) is 38.1 Å². The molecule has 1 aromatic carbocycles. The van der Waals surface area contributed by atoms with Crippen LogP contribution in [0.4, 0.5) is 5.82 Å². The van der Waals surface area contributed by atoms with Gasteiger partial charge >= 0.3 is 0 Å². The molecule has 1 saturated carbocycles. The lowest BCUT2D eigenvalue weighted by Crippen LogP contribution is -2.23. The van der Waals surface area contributed by atoms with Crippen molar-refractivity contribution in [2.24, 2.45) is 14.1 Å². The Morgan fingerprint density at radius 1 is 0.839 bits per heavy atom. The van der Waals surface area contributed by atoms with Gasteiger partial charge in [-0.2, -0.15) is 10.2 Å². The van der Waals surface area contributed by atoms with Crippen molar-refractivity contribution in [3.63, 3.8) is 0 Å². The van der Waals surface area contributed by atoms with E-state index in [1.807, 2.05) is 60.5 Å². The van der Waals surface area contributed by atoms with Crippen molar-refractivity contribution in [2.75, 3.05) is 5.32 Å². The van der Waals surface area contributed by atoms with Gasteiger partial charge < -0.3 is 5.32 Å². The fourth-order valence-corrected chi connectivity index (χ4v) is 4.25. The maximum atomic E-state index is 4.98. The van der Waals surface area contributed by atoms with Gasteiger partial charge in [-0.25, -0.2) is 9.97 Å². The van der Waals surface area contributed by atoms with Gasteiger partial charge in [0.1, 0.15) is 5.82 Å². The summed E-state index contributed by atoms with van der Waals surface area (Å²) in [7, 11) is 3.85. The highest BCUT2D eigenvalue weighted by Gasteiger charge is 2.18. The Morgan fingerprint density at radius 2 is 1.55 bits per heavy atom. The standard InChI is InChI=1S/C24H27N7/c1-30-15-19(12-26-30)17-7-6-8-18(11-17)23-25-14-22(20-13-27-31(2)16-20)24(29-23)28-21-9-4-3-5-10-21/h6-8,11-16,21H,3-5,9-10H2,1-2H3,(H,25,28,29). The van der Waals surface area contributed by atoms with Crippen molar-refractivity contribution < 1.29 is 0 Å². The fraction of sp³-hybridized carbons (Fsp3) is 0.333. The number of nitrogens with zero attached hydrogens (tertiary/aromatic N) is 6. The maximum Gasteiger partial charge on any atom is 0.161 e. The zero-order valence-corrected chi connectivity index (χ0v) is 18.0. The fourth-order valence-electron chi connectivity index (χ4n) is 4.25. The van der Waals surface area contributed by atoms with Crippen LogP contribution in [0.1, 0.15) is 32.1 Å². The third-order valence-electron chi connectivity index (χ3n) is 5.91. The molecule has 0 radical (unpaired) electrons. The highest BCUT2D eigenvalue weighted by molar-refractivity contribution is 5.76. The summed E-state index contributed by atoms with van der Waals surface area (Å²) in [5, 5.41) is 12.3. The molecule has 1 aliphatic carbocycles. The van der Waals surface area contributed by atoms with E-state index in [4.69, 9.17) is 9.97 Å². The first-order chi connectivity index (χ1) is 15.2. The Balaban J connectivity index is 1.53. The molecule has 1 N–H and O–H groups in total. The predicted molar refractivity (Wildman–Crippen MR) is 122 cm³/mol. The number of hydrogen-bond donors (Lipinski definition) is 1. The number of nitrogens with one attached hydrogen (secondary N) is 1. The molecule has 4 aromatic rings. The predicted octanol–water partition coefficient (Wildman–Crippen LogP) is 4.69. The molecular weight excluding hydrogens is 386 g/mol. The van der Waals surface area contributed by atoms with E-state index in [2.05, 4.69) is 33.7 Å². The minimum Gasteiger partial charge on any atom is -0.367 e. The summed E-state index contributed by atoms with van der Waals surface area (Å²) in [5.41, 5.74) is 5.19. The summed E-state index contributed by atoms with van der Waals surface area (Å²) < 4.78 is 3.62. The largest absolute Gasteiger partial charge is 0.367 e. The third-order valence-corrected chi connectivity index (χ3v) is 5.91. The van der Waals surface area contributed by atoms with Crippen molar-refractivity contribution in [1.29, 1.82) is 0 Å². The summed E-state index contributed by atoms with van der Waals surface area (Å²) in [4.78, 5) is 9.70. The highest BCUT2D eigenvalue weighted by Crippen LogP contribution is 2.31. The van der Waals surface area contributed by atoms with E-state index < -0.39 is 0 Å². The van der Waals surface area contributed by atoms with Crippen LogP contribution in [0.2, 0.25) is 0 Å². The minimum absolute atomic E-state index is 0.452. The number of anilines is 1. The molecule has 5 rings (SSSR count). The van der Waals surface area contributed by atoms with Gasteiger partial charge in [-0.1, -0.05) is 37.5 Å². The monoisotopic (exact) mass is 413 g/mol. The third kappa shape index (κ3) is 4.21.